The molecule has 2 aliphatic rings. The average Bonchev–Trinajstić information content (AvgIpc) is 3.19. The van der Waals surface area contributed by atoms with Crippen LogP contribution in [0.1, 0.15) is 23.2 Å². The fourth-order valence-electron chi connectivity index (χ4n) is 3.82. The number of piperidine rings is 1. The number of rotatable bonds is 5. The van der Waals surface area contributed by atoms with Gasteiger partial charge >= 0.3 is 12.4 Å². The summed E-state index contributed by atoms with van der Waals surface area (Å²) in [5, 5.41) is 2.73. The molecule has 32 heavy (non-hydrogen) atoms. The zero-order valence-electron chi connectivity index (χ0n) is 17.1. The second kappa shape index (κ2) is 8.97. The molecule has 10 heteroatoms. The van der Waals surface area contributed by atoms with Crippen LogP contribution in [0, 0.1) is 0 Å². The quantitative estimate of drug-likeness (QED) is 0.754. The topological polar surface area (TPSA) is 71.1 Å². The van der Waals surface area contributed by atoms with Gasteiger partial charge in [-0.1, -0.05) is 12.1 Å². The van der Waals surface area contributed by atoms with E-state index in [-0.39, 0.29) is 29.5 Å². The molecule has 1 N–H and O–H groups in total. The number of alkyl halides is 3. The molecule has 0 bridgehead atoms. The van der Waals surface area contributed by atoms with Gasteiger partial charge in [0.15, 0.2) is 0 Å². The molecular formula is C22H22F3N3O4. The fourth-order valence-corrected chi connectivity index (χ4v) is 3.82. The number of ether oxygens (including phenoxy) is 2. The Kier molecular flexibility index (Phi) is 6.11. The van der Waals surface area contributed by atoms with E-state index in [0.29, 0.717) is 50.3 Å². The monoisotopic (exact) mass is 449 g/mol. The van der Waals surface area contributed by atoms with Crippen LogP contribution < -0.4 is 19.7 Å². The predicted molar refractivity (Wildman–Crippen MR) is 110 cm³/mol. The standard InChI is InChI=1S/C22H22F3N3O4/c23-22(24,25)32-19-6-2-5-18(14-19)31-17-7-10-27(11-8-17)20(29)15-3-1-4-16(13-15)28-12-9-26-21(28)30/h1-6,13-14,17H,7-12H2,(H,26,30). The Bertz CT molecular complexity index is 990. The summed E-state index contributed by atoms with van der Waals surface area (Å²) in [6.45, 7) is 2.03. The first-order valence-corrected chi connectivity index (χ1v) is 10.3. The van der Waals surface area contributed by atoms with E-state index in [1.165, 1.54) is 18.2 Å². The van der Waals surface area contributed by atoms with Crippen molar-refractivity contribution in [1.82, 2.24) is 10.2 Å². The summed E-state index contributed by atoms with van der Waals surface area (Å²) in [6.07, 6.45) is -3.89. The number of carbonyl (C=O) groups excluding carboxylic acids is 2. The summed E-state index contributed by atoms with van der Waals surface area (Å²) in [5.41, 5.74) is 1.17. The summed E-state index contributed by atoms with van der Waals surface area (Å²) < 4.78 is 46.9. The van der Waals surface area contributed by atoms with Gasteiger partial charge in [0.05, 0.1) is 0 Å². The molecule has 2 fully saturated rings. The van der Waals surface area contributed by atoms with Crippen molar-refractivity contribution >= 4 is 17.6 Å². The third kappa shape index (κ3) is 5.24. The Labute approximate surface area is 182 Å². The lowest BCUT2D eigenvalue weighted by atomic mass is 10.1. The maximum Gasteiger partial charge on any atom is 0.573 e. The number of hydrogen-bond donors (Lipinski definition) is 1. The number of nitrogens with zero attached hydrogens (tertiary/aromatic N) is 2. The van der Waals surface area contributed by atoms with E-state index in [2.05, 4.69) is 10.1 Å². The molecule has 2 aliphatic heterocycles. The van der Waals surface area contributed by atoms with Crippen LogP contribution >= 0.6 is 0 Å². The maximum atomic E-state index is 12.9. The number of amides is 3. The molecule has 0 spiro atoms. The number of urea groups is 1. The lowest BCUT2D eigenvalue weighted by Gasteiger charge is -2.32. The van der Waals surface area contributed by atoms with Gasteiger partial charge < -0.3 is 19.7 Å². The van der Waals surface area contributed by atoms with Crippen LogP contribution in [-0.4, -0.2) is 55.5 Å². The Morgan fingerprint density at radius 1 is 1.00 bits per heavy atom. The maximum absolute atomic E-state index is 12.9. The van der Waals surface area contributed by atoms with Gasteiger partial charge in [-0.3, -0.25) is 9.69 Å². The minimum absolute atomic E-state index is 0.134. The van der Waals surface area contributed by atoms with Crippen LogP contribution in [0.2, 0.25) is 0 Å². The minimum atomic E-state index is -4.76. The number of likely N-dealkylation sites (tertiary alicyclic amines) is 1. The van der Waals surface area contributed by atoms with Crippen molar-refractivity contribution in [3.8, 4) is 11.5 Å². The Morgan fingerprint density at radius 3 is 2.41 bits per heavy atom. The number of benzene rings is 2. The summed E-state index contributed by atoms with van der Waals surface area (Å²) >= 11 is 0. The molecule has 3 amide bonds. The third-order valence-corrected chi connectivity index (χ3v) is 5.33. The van der Waals surface area contributed by atoms with Gasteiger partial charge in [-0.15, -0.1) is 13.2 Å². The number of hydrogen-bond acceptors (Lipinski definition) is 4. The van der Waals surface area contributed by atoms with Crippen LogP contribution in [0.4, 0.5) is 23.7 Å². The first-order chi connectivity index (χ1) is 15.3. The minimum Gasteiger partial charge on any atom is -0.490 e. The predicted octanol–water partition coefficient (Wildman–Crippen LogP) is 3.80. The molecule has 0 aliphatic carbocycles. The van der Waals surface area contributed by atoms with Crippen molar-refractivity contribution in [2.75, 3.05) is 31.1 Å². The largest absolute Gasteiger partial charge is 0.573 e. The van der Waals surface area contributed by atoms with Crippen LogP contribution in [-0.2, 0) is 0 Å². The van der Waals surface area contributed by atoms with Crippen molar-refractivity contribution in [2.45, 2.75) is 25.3 Å². The molecule has 2 heterocycles. The number of anilines is 1. The van der Waals surface area contributed by atoms with E-state index in [4.69, 9.17) is 4.74 Å². The van der Waals surface area contributed by atoms with Gasteiger partial charge in [-0.05, 0) is 30.3 Å². The summed E-state index contributed by atoms with van der Waals surface area (Å²) in [5.74, 6) is -0.187. The lowest BCUT2D eigenvalue weighted by Crippen LogP contribution is -2.41. The van der Waals surface area contributed by atoms with Gasteiger partial charge in [-0.25, -0.2) is 4.79 Å². The highest BCUT2D eigenvalue weighted by Crippen LogP contribution is 2.28. The highest BCUT2D eigenvalue weighted by atomic mass is 19.4. The van der Waals surface area contributed by atoms with Gasteiger partial charge in [0.1, 0.15) is 17.6 Å². The summed E-state index contributed by atoms with van der Waals surface area (Å²) in [4.78, 5) is 28.1. The van der Waals surface area contributed by atoms with E-state index < -0.39 is 6.36 Å². The molecule has 0 unspecified atom stereocenters. The highest BCUT2D eigenvalue weighted by Gasteiger charge is 2.31. The number of nitrogens with one attached hydrogen (secondary N) is 1. The van der Waals surface area contributed by atoms with Crippen molar-refractivity contribution in [1.29, 1.82) is 0 Å². The van der Waals surface area contributed by atoms with Crippen LogP contribution in [0.25, 0.3) is 0 Å². The Hall–Kier alpha value is -3.43. The second-order valence-corrected chi connectivity index (χ2v) is 7.57. The molecule has 2 aromatic rings. The first-order valence-electron chi connectivity index (χ1n) is 10.3. The molecule has 0 radical (unpaired) electrons. The molecule has 2 saturated heterocycles. The van der Waals surface area contributed by atoms with E-state index >= 15 is 0 Å². The van der Waals surface area contributed by atoms with E-state index in [1.807, 2.05) is 0 Å². The highest BCUT2D eigenvalue weighted by molar-refractivity contribution is 5.98. The molecule has 0 saturated carbocycles. The normalized spacial score (nSPS) is 17.3. The van der Waals surface area contributed by atoms with Crippen molar-refractivity contribution in [2.24, 2.45) is 0 Å². The van der Waals surface area contributed by atoms with Crippen molar-refractivity contribution in [3.05, 3.63) is 54.1 Å². The lowest BCUT2D eigenvalue weighted by molar-refractivity contribution is -0.274. The average molecular weight is 449 g/mol. The molecule has 7 nitrogen and oxygen atoms in total. The summed E-state index contributed by atoms with van der Waals surface area (Å²) in [6, 6.07) is 12.2. The molecular weight excluding hydrogens is 427 g/mol. The first kappa shape index (κ1) is 21.8. The fraction of sp³-hybridized carbons (Fsp3) is 0.364. The van der Waals surface area contributed by atoms with E-state index in [0.717, 1.165) is 0 Å². The van der Waals surface area contributed by atoms with Crippen LogP contribution in [0.5, 0.6) is 11.5 Å². The van der Waals surface area contributed by atoms with E-state index in [9.17, 15) is 22.8 Å². The zero-order valence-corrected chi connectivity index (χ0v) is 17.1. The van der Waals surface area contributed by atoms with Gasteiger partial charge in [0.2, 0.25) is 0 Å². The third-order valence-electron chi connectivity index (χ3n) is 5.33. The van der Waals surface area contributed by atoms with Gasteiger partial charge in [-0.2, -0.15) is 0 Å². The molecule has 4 rings (SSSR count). The van der Waals surface area contributed by atoms with Crippen molar-refractivity contribution < 1.29 is 32.2 Å². The van der Waals surface area contributed by atoms with Crippen LogP contribution in [0.3, 0.4) is 0 Å². The Morgan fingerprint density at radius 2 is 1.72 bits per heavy atom. The van der Waals surface area contributed by atoms with Gasteiger partial charge in [0.25, 0.3) is 5.91 Å². The molecule has 2 aromatic carbocycles. The smallest absolute Gasteiger partial charge is 0.490 e. The Balaban J connectivity index is 1.34. The number of carbonyl (C=O) groups is 2. The SMILES string of the molecule is O=C(c1cccc(N2CCNC2=O)c1)N1CCC(Oc2cccc(OC(F)(F)F)c2)CC1. The number of halogens is 3. The molecule has 170 valence electrons. The molecule has 0 aromatic heterocycles. The summed E-state index contributed by atoms with van der Waals surface area (Å²) in [7, 11) is 0. The van der Waals surface area contributed by atoms with Crippen molar-refractivity contribution in [3.63, 3.8) is 0 Å². The molecule has 0 atom stereocenters. The second-order valence-electron chi connectivity index (χ2n) is 7.57. The zero-order chi connectivity index (χ0) is 22.7. The van der Waals surface area contributed by atoms with Crippen LogP contribution in [0.15, 0.2) is 48.5 Å². The van der Waals surface area contributed by atoms with Gasteiger partial charge in [0, 0.05) is 56.3 Å². The van der Waals surface area contributed by atoms with E-state index in [1.54, 1.807) is 40.1 Å².